The maximum absolute atomic E-state index is 11.7. The van der Waals surface area contributed by atoms with Gasteiger partial charge in [0.1, 0.15) is 11.5 Å². The van der Waals surface area contributed by atoms with Crippen molar-refractivity contribution in [2.24, 2.45) is 0 Å². The Morgan fingerprint density at radius 3 is 2.59 bits per heavy atom. The van der Waals surface area contributed by atoms with Crippen molar-refractivity contribution in [1.82, 2.24) is 5.32 Å². The van der Waals surface area contributed by atoms with Gasteiger partial charge in [0.2, 0.25) is 0 Å². The minimum Gasteiger partial charge on any atom is -0.497 e. The Balaban J connectivity index is 1.69. The van der Waals surface area contributed by atoms with Crippen molar-refractivity contribution in [3.8, 4) is 11.5 Å². The Morgan fingerprint density at radius 2 is 1.91 bits per heavy atom. The SMILES string of the molecule is COc1ccc(CCNC(=O)COc2cccc(Br)c2)cc1. The van der Waals surface area contributed by atoms with E-state index in [1.54, 1.807) is 7.11 Å². The number of benzene rings is 2. The average Bonchev–Trinajstić information content (AvgIpc) is 2.54. The average molecular weight is 364 g/mol. The molecule has 0 saturated heterocycles. The van der Waals surface area contributed by atoms with E-state index in [1.807, 2.05) is 48.5 Å². The number of rotatable bonds is 7. The van der Waals surface area contributed by atoms with E-state index in [-0.39, 0.29) is 12.5 Å². The predicted octanol–water partition coefficient (Wildman–Crippen LogP) is 3.20. The molecule has 2 rings (SSSR count). The highest BCUT2D eigenvalue weighted by Crippen LogP contribution is 2.17. The number of nitrogens with one attached hydrogen (secondary N) is 1. The lowest BCUT2D eigenvalue weighted by atomic mass is 10.1. The van der Waals surface area contributed by atoms with Crippen LogP contribution in [0.5, 0.6) is 11.5 Å². The molecule has 116 valence electrons. The zero-order chi connectivity index (χ0) is 15.8. The third-order valence-electron chi connectivity index (χ3n) is 3.06. The van der Waals surface area contributed by atoms with Gasteiger partial charge < -0.3 is 14.8 Å². The highest BCUT2D eigenvalue weighted by molar-refractivity contribution is 9.10. The summed E-state index contributed by atoms with van der Waals surface area (Å²) in [6.07, 6.45) is 0.770. The van der Waals surface area contributed by atoms with Crippen LogP contribution in [0.15, 0.2) is 53.0 Å². The Morgan fingerprint density at radius 1 is 1.14 bits per heavy atom. The minimum absolute atomic E-state index is 0.0130. The van der Waals surface area contributed by atoms with Crippen LogP contribution < -0.4 is 14.8 Å². The molecule has 2 aromatic rings. The Hall–Kier alpha value is -2.01. The van der Waals surface area contributed by atoms with Crippen molar-refractivity contribution in [1.29, 1.82) is 0 Å². The second kappa shape index (κ2) is 8.44. The molecule has 0 bridgehead atoms. The molecule has 0 radical (unpaired) electrons. The minimum atomic E-state index is -0.131. The summed E-state index contributed by atoms with van der Waals surface area (Å²) in [4.78, 5) is 11.7. The summed E-state index contributed by atoms with van der Waals surface area (Å²) in [7, 11) is 1.64. The van der Waals surface area contributed by atoms with Gasteiger partial charge in [-0.15, -0.1) is 0 Å². The van der Waals surface area contributed by atoms with Gasteiger partial charge in [-0.2, -0.15) is 0 Å². The maximum Gasteiger partial charge on any atom is 0.257 e. The zero-order valence-corrected chi connectivity index (χ0v) is 13.9. The standard InChI is InChI=1S/C17H18BrNO3/c1-21-15-7-5-13(6-8-15)9-10-19-17(20)12-22-16-4-2-3-14(18)11-16/h2-8,11H,9-10,12H2,1H3,(H,19,20). The first-order valence-electron chi connectivity index (χ1n) is 6.95. The van der Waals surface area contributed by atoms with Crippen LogP contribution in [-0.2, 0) is 11.2 Å². The fraction of sp³-hybridized carbons (Fsp3) is 0.235. The molecular weight excluding hydrogens is 346 g/mol. The fourth-order valence-electron chi connectivity index (χ4n) is 1.90. The molecule has 0 fully saturated rings. The van der Waals surface area contributed by atoms with Gasteiger partial charge in [-0.3, -0.25) is 4.79 Å². The van der Waals surface area contributed by atoms with Crippen molar-refractivity contribution in [3.63, 3.8) is 0 Å². The van der Waals surface area contributed by atoms with Crippen LogP contribution in [0.4, 0.5) is 0 Å². The van der Waals surface area contributed by atoms with Gasteiger partial charge in [-0.25, -0.2) is 0 Å². The summed E-state index contributed by atoms with van der Waals surface area (Å²) in [6.45, 7) is 0.589. The first kappa shape index (κ1) is 16.4. The number of hydrogen-bond donors (Lipinski definition) is 1. The van der Waals surface area contributed by atoms with E-state index in [1.165, 1.54) is 0 Å². The van der Waals surface area contributed by atoms with E-state index < -0.39 is 0 Å². The molecule has 0 saturated carbocycles. The lowest BCUT2D eigenvalue weighted by molar-refractivity contribution is -0.123. The molecule has 1 N–H and O–H groups in total. The number of hydrogen-bond acceptors (Lipinski definition) is 3. The van der Waals surface area contributed by atoms with Gasteiger partial charge >= 0.3 is 0 Å². The number of amides is 1. The molecule has 0 aliphatic carbocycles. The van der Waals surface area contributed by atoms with Gasteiger partial charge in [-0.05, 0) is 42.3 Å². The first-order chi connectivity index (χ1) is 10.7. The van der Waals surface area contributed by atoms with Crippen molar-refractivity contribution >= 4 is 21.8 Å². The molecule has 0 spiro atoms. The first-order valence-corrected chi connectivity index (χ1v) is 7.74. The van der Waals surface area contributed by atoms with Crippen LogP contribution in [-0.4, -0.2) is 26.2 Å². The predicted molar refractivity (Wildman–Crippen MR) is 89.3 cm³/mol. The van der Waals surface area contributed by atoms with E-state index in [0.29, 0.717) is 12.3 Å². The van der Waals surface area contributed by atoms with Gasteiger partial charge in [0.15, 0.2) is 6.61 Å². The fourth-order valence-corrected chi connectivity index (χ4v) is 2.27. The normalized spacial score (nSPS) is 10.1. The highest BCUT2D eigenvalue weighted by atomic mass is 79.9. The van der Waals surface area contributed by atoms with Crippen molar-refractivity contribution in [2.75, 3.05) is 20.3 Å². The van der Waals surface area contributed by atoms with Crippen LogP contribution in [0.3, 0.4) is 0 Å². The Bertz CT molecular complexity index is 614. The van der Waals surface area contributed by atoms with E-state index in [9.17, 15) is 4.79 Å². The van der Waals surface area contributed by atoms with Crippen molar-refractivity contribution in [3.05, 3.63) is 58.6 Å². The maximum atomic E-state index is 11.7. The molecule has 22 heavy (non-hydrogen) atoms. The summed E-state index contributed by atoms with van der Waals surface area (Å²) >= 11 is 3.36. The van der Waals surface area contributed by atoms with E-state index in [2.05, 4.69) is 21.2 Å². The summed E-state index contributed by atoms with van der Waals surface area (Å²) in [6, 6.07) is 15.2. The van der Waals surface area contributed by atoms with Crippen molar-refractivity contribution in [2.45, 2.75) is 6.42 Å². The molecule has 1 amide bonds. The molecule has 0 aromatic heterocycles. The lowest BCUT2D eigenvalue weighted by Crippen LogP contribution is -2.30. The number of ether oxygens (including phenoxy) is 2. The van der Waals surface area contributed by atoms with E-state index in [0.717, 1.165) is 22.2 Å². The largest absolute Gasteiger partial charge is 0.497 e. The molecule has 0 atom stereocenters. The monoisotopic (exact) mass is 363 g/mol. The molecule has 4 nitrogen and oxygen atoms in total. The van der Waals surface area contributed by atoms with Gasteiger partial charge in [0, 0.05) is 11.0 Å². The van der Waals surface area contributed by atoms with Crippen molar-refractivity contribution < 1.29 is 14.3 Å². The molecule has 0 aliphatic heterocycles. The molecule has 0 heterocycles. The zero-order valence-electron chi connectivity index (χ0n) is 12.3. The molecule has 2 aromatic carbocycles. The molecule has 5 heteroatoms. The molecular formula is C17H18BrNO3. The quantitative estimate of drug-likeness (QED) is 0.821. The Kier molecular flexibility index (Phi) is 6.27. The second-order valence-corrected chi connectivity index (χ2v) is 5.61. The van der Waals surface area contributed by atoms with Crippen LogP contribution in [0.1, 0.15) is 5.56 Å². The van der Waals surface area contributed by atoms with Crippen LogP contribution in [0, 0.1) is 0 Å². The van der Waals surface area contributed by atoms with E-state index >= 15 is 0 Å². The van der Waals surface area contributed by atoms with Gasteiger partial charge in [-0.1, -0.05) is 34.1 Å². The van der Waals surface area contributed by atoms with E-state index in [4.69, 9.17) is 9.47 Å². The molecule has 0 unspecified atom stereocenters. The van der Waals surface area contributed by atoms with Gasteiger partial charge in [0.25, 0.3) is 5.91 Å². The third-order valence-corrected chi connectivity index (χ3v) is 3.55. The molecule has 0 aliphatic rings. The van der Waals surface area contributed by atoms with Crippen LogP contribution in [0.25, 0.3) is 0 Å². The smallest absolute Gasteiger partial charge is 0.257 e. The van der Waals surface area contributed by atoms with Crippen LogP contribution in [0.2, 0.25) is 0 Å². The lowest BCUT2D eigenvalue weighted by Gasteiger charge is -2.08. The summed E-state index contributed by atoms with van der Waals surface area (Å²) in [5.41, 5.74) is 1.15. The van der Waals surface area contributed by atoms with Gasteiger partial charge in [0.05, 0.1) is 7.11 Å². The van der Waals surface area contributed by atoms with Crippen LogP contribution >= 0.6 is 15.9 Å². The second-order valence-electron chi connectivity index (χ2n) is 4.69. The Labute approximate surface area is 138 Å². The topological polar surface area (TPSA) is 47.6 Å². The third kappa shape index (κ3) is 5.41. The highest BCUT2D eigenvalue weighted by Gasteiger charge is 2.03. The number of carbonyl (C=O) groups is 1. The summed E-state index contributed by atoms with van der Waals surface area (Å²) in [5.74, 6) is 1.36. The number of halogens is 1. The summed E-state index contributed by atoms with van der Waals surface area (Å²) in [5, 5.41) is 2.84. The number of carbonyl (C=O) groups excluding carboxylic acids is 1. The summed E-state index contributed by atoms with van der Waals surface area (Å²) < 4.78 is 11.4. The number of methoxy groups -OCH3 is 1.